The molecule has 346 valence electrons. The molecule has 4 heterocycles. The zero-order chi connectivity index (χ0) is 47.5. The smallest absolute Gasteiger partial charge is 0.197 e. The fourth-order valence-electron chi connectivity index (χ4n) is 12.0. The van der Waals surface area contributed by atoms with Gasteiger partial charge < -0.3 is 9.47 Å². The van der Waals surface area contributed by atoms with Crippen LogP contribution >= 0.6 is 22.7 Å². The van der Waals surface area contributed by atoms with Gasteiger partial charge in [0, 0.05) is 45.2 Å². The molecule has 2 aliphatic heterocycles. The fraction of sp³-hybridized carbons (Fsp3) is 0.250. The van der Waals surface area contributed by atoms with Crippen LogP contribution in [0.5, 0.6) is 0 Å². The molecule has 2 spiro atoms. The number of benzene rings is 4. The minimum absolute atomic E-state index is 0.0530. The van der Waals surface area contributed by atoms with Gasteiger partial charge in [-0.2, -0.15) is 0 Å². The molecule has 0 bridgehead atoms. The number of nitrogens with zero attached hydrogens (tertiary/aromatic N) is 2. The lowest BCUT2D eigenvalue weighted by atomic mass is 9.73. The number of ether oxygens (including phenoxy) is 2. The number of allylic oxidation sites excluding steroid dienone is 8. The van der Waals surface area contributed by atoms with E-state index in [0.717, 1.165) is 132 Å². The molecule has 2 unspecified atom stereocenters. The van der Waals surface area contributed by atoms with E-state index >= 15 is 0 Å². The van der Waals surface area contributed by atoms with Gasteiger partial charge in [0.2, 0.25) is 0 Å². The standard InChI is InChI=1S/C56H36F4N2O6S2/c57-39-17-25-11-31-32(12-26(25)18-40(39)58)48(64)37(47(31)63)23-45-61-53-51(69-45)35-15-30-22-44-36(16-29(30)21-43(35)67-55(53)7-3-1-4-8-55)52-54(56(68-44)9-5-2-6-10-56)62-46(70-52)24-38-49(65)33-13-27-19-41(59)42(60)20-28(27)14-34(33)50(38)66/h11-24,29-30H,1-10H2. The second-order valence-electron chi connectivity index (χ2n) is 19.6. The average molecular weight is 973 g/mol. The van der Waals surface area contributed by atoms with Gasteiger partial charge in [0.15, 0.2) is 57.6 Å². The third-order valence-corrected chi connectivity index (χ3v) is 17.5. The maximum atomic E-state index is 14.2. The molecule has 2 saturated carbocycles. The van der Waals surface area contributed by atoms with Crippen molar-refractivity contribution in [2.24, 2.45) is 11.8 Å². The van der Waals surface area contributed by atoms with Gasteiger partial charge >= 0.3 is 0 Å². The van der Waals surface area contributed by atoms with Gasteiger partial charge in [-0.05, 0) is 146 Å². The Morgan fingerprint density at radius 2 is 0.800 bits per heavy atom. The van der Waals surface area contributed by atoms with Crippen molar-refractivity contribution in [2.45, 2.75) is 75.4 Å². The Hall–Kier alpha value is -6.90. The molecule has 8 nitrogen and oxygen atoms in total. The Morgan fingerprint density at radius 1 is 0.471 bits per heavy atom. The average Bonchev–Trinajstić information content (AvgIpc) is 4.10. The zero-order valence-electron chi connectivity index (χ0n) is 37.0. The molecule has 0 amide bonds. The molecule has 0 radical (unpaired) electrons. The normalized spacial score (nSPS) is 22.3. The predicted octanol–water partition coefficient (Wildman–Crippen LogP) is 13.3. The molecule has 8 aliphatic rings. The Kier molecular flexibility index (Phi) is 8.89. The van der Waals surface area contributed by atoms with Crippen LogP contribution in [-0.4, -0.2) is 33.1 Å². The van der Waals surface area contributed by atoms with Gasteiger partial charge in [0.05, 0.1) is 20.9 Å². The van der Waals surface area contributed by atoms with Gasteiger partial charge in [-0.3, -0.25) is 19.2 Å². The summed E-state index contributed by atoms with van der Waals surface area (Å²) in [6.45, 7) is 0. The van der Waals surface area contributed by atoms with E-state index in [1.54, 1.807) is 12.2 Å². The van der Waals surface area contributed by atoms with E-state index in [9.17, 15) is 36.7 Å². The number of rotatable bonds is 2. The number of thiazole rings is 2. The fourth-order valence-corrected chi connectivity index (χ4v) is 14.3. The predicted molar refractivity (Wildman–Crippen MR) is 256 cm³/mol. The van der Waals surface area contributed by atoms with Crippen LogP contribution in [0.25, 0.3) is 44.8 Å². The van der Waals surface area contributed by atoms with Crippen molar-refractivity contribution in [1.82, 2.24) is 9.97 Å². The zero-order valence-corrected chi connectivity index (χ0v) is 38.6. The topological polar surface area (TPSA) is 113 Å². The maximum absolute atomic E-state index is 14.2. The van der Waals surface area contributed by atoms with Crippen molar-refractivity contribution in [3.63, 3.8) is 0 Å². The van der Waals surface area contributed by atoms with Gasteiger partial charge in [0.1, 0.15) is 32.9 Å². The van der Waals surface area contributed by atoms with Crippen LogP contribution in [0.4, 0.5) is 17.6 Å². The summed E-state index contributed by atoms with van der Waals surface area (Å²) in [6, 6.07) is 9.90. The number of halogens is 4. The van der Waals surface area contributed by atoms with Crippen LogP contribution < -0.4 is 0 Å². The van der Waals surface area contributed by atoms with Gasteiger partial charge in [-0.15, -0.1) is 22.7 Å². The van der Waals surface area contributed by atoms with E-state index in [1.807, 2.05) is 0 Å². The SMILES string of the molecule is O=C1C(=Cc2nc3c(s2)C2=CC4C=C5OC6(CCCCC6)c6nc(C=C7C(=O)c8cc9cc(F)c(F)cc9cc8C7=O)sc6C5=CC4C=C2OC32CCCCC2)C(=O)c2cc3cc(F)c(F)cc3cc21. The minimum Gasteiger partial charge on any atom is -0.481 e. The number of Topliss-reactive ketones (excluding diaryl/α,β-unsaturated/α-hetero) is 4. The van der Waals surface area contributed by atoms with E-state index in [2.05, 4.69) is 24.3 Å². The molecule has 6 aromatic rings. The largest absolute Gasteiger partial charge is 0.481 e. The lowest BCUT2D eigenvalue weighted by Gasteiger charge is -2.45. The minimum atomic E-state index is -1.04. The first-order valence-corrected chi connectivity index (χ1v) is 25.2. The molecule has 2 fully saturated rings. The number of hydrogen-bond donors (Lipinski definition) is 0. The van der Waals surface area contributed by atoms with Crippen molar-refractivity contribution in [1.29, 1.82) is 0 Å². The number of hydrogen-bond acceptors (Lipinski definition) is 10. The monoisotopic (exact) mass is 972 g/mol. The van der Waals surface area contributed by atoms with E-state index in [0.29, 0.717) is 31.6 Å². The van der Waals surface area contributed by atoms with Crippen molar-refractivity contribution in [2.75, 3.05) is 0 Å². The van der Waals surface area contributed by atoms with E-state index < -0.39 is 57.6 Å². The number of aromatic nitrogens is 2. The summed E-state index contributed by atoms with van der Waals surface area (Å²) in [5, 5.41) is 2.26. The number of ketones is 4. The molecule has 70 heavy (non-hydrogen) atoms. The summed E-state index contributed by atoms with van der Waals surface area (Å²) in [5.41, 5.74) is 2.41. The summed E-state index contributed by atoms with van der Waals surface area (Å²) < 4.78 is 70.9. The molecular formula is C56H36F4N2O6S2. The third-order valence-electron chi connectivity index (χ3n) is 15.5. The van der Waals surface area contributed by atoms with Crippen LogP contribution in [0.1, 0.15) is 137 Å². The highest BCUT2D eigenvalue weighted by atomic mass is 32.1. The van der Waals surface area contributed by atoms with Crippen LogP contribution in [0.3, 0.4) is 0 Å². The first-order valence-electron chi connectivity index (χ1n) is 23.6. The molecule has 4 aromatic carbocycles. The maximum Gasteiger partial charge on any atom is 0.197 e. The molecule has 6 aliphatic carbocycles. The van der Waals surface area contributed by atoms with Gasteiger partial charge in [-0.25, -0.2) is 27.5 Å². The number of carbonyl (C=O) groups excluding carboxylic acids is 4. The summed E-state index contributed by atoms with van der Waals surface area (Å²) in [4.78, 5) is 67.5. The van der Waals surface area contributed by atoms with Crippen LogP contribution in [0, 0.1) is 35.1 Å². The van der Waals surface area contributed by atoms with Crippen molar-refractivity contribution >= 4 is 90.6 Å². The van der Waals surface area contributed by atoms with Crippen LogP contribution in [0.2, 0.25) is 0 Å². The highest BCUT2D eigenvalue weighted by Crippen LogP contribution is 2.58. The first-order chi connectivity index (χ1) is 33.8. The van der Waals surface area contributed by atoms with E-state index in [4.69, 9.17) is 19.4 Å². The molecule has 14 heteroatoms. The molecule has 14 rings (SSSR count). The summed E-state index contributed by atoms with van der Waals surface area (Å²) in [6.07, 6.45) is 20.7. The second-order valence-corrected chi connectivity index (χ2v) is 21.7. The second kappa shape index (κ2) is 14.8. The third kappa shape index (κ3) is 6.04. The highest BCUT2D eigenvalue weighted by molar-refractivity contribution is 7.14. The van der Waals surface area contributed by atoms with E-state index in [1.165, 1.54) is 46.9 Å². The Balaban J connectivity index is 0.831. The quantitative estimate of drug-likeness (QED) is 0.0958. The van der Waals surface area contributed by atoms with E-state index in [-0.39, 0.29) is 45.2 Å². The lowest BCUT2D eigenvalue weighted by molar-refractivity contribution is -0.0374. The molecule has 0 N–H and O–H groups in total. The van der Waals surface area contributed by atoms with Gasteiger partial charge in [0.25, 0.3) is 0 Å². The Morgan fingerprint density at radius 3 is 1.13 bits per heavy atom. The van der Waals surface area contributed by atoms with Gasteiger partial charge in [-0.1, -0.05) is 25.0 Å². The van der Waals surface area contributed by atoms with Crippen molar-refractivity contribution in [3.05, 3.63) is 172 Å². The van der Waals surface area contributed by atoms with Crippen LogP contribution in [-0.2, 0) is 20.7 Å². The first kappa shape index (κ1) is 42.0. The van der Waals surface area contributed by atoms with Crippen molar-refractivity contribution in [3.8, 4) is 0 Å². The summed E-state index contributed by atoms with van der Waals surface area (Å²) >= 11 is 2.82. The number of fused-ring (bicyclic) bond motifs is 13. The highest BCUT2D eigenvalue weighted by Gasteiger charge is 2.50. The molecular weight excluding hydrogens is 937 g/mol. The summed E-state index contributed by atoms with van der Waals surface area (Å²) in [7, 11) is 0. The Labute approximate surface area is 404 Å². The number of carbonyl (C=O) groups is 4. The van der Waals surface area contributed by atoms with Crippen molar-refractivity contribution < 1.29 is 46.2 Å². The van der Waals surface area contributed by atoms with Crippen LogP contribution in [0.15, 0.2) is 95.5 Å². The lowest BCUT2D eigenvalue weighted by Crippen LogP contribution is -2.38. The molecule has 2 atom stereocenters. The summed E-state index contributed by atoms with van der Waals surface area (Å²) in [5.74, 6) is -4.89. The molecule has 2 aromatic heterocycles. The Bertz CT molecular complexity index is 3360. The molecule has 0 saturated heterocycles.